The van der Waals surface area contributed by atoms with Crippen molar-refractivity contribution in [2.75, 3.05) is 45.8 Å². The van der Waals surface area contributed by atoms with Crippen molar-refractivity contribution in [2.24, 2.45) is 22.6 Å². The van der Waals surface area contributed by atoms with Gasteiger partial charge in [-0.05, 0) is 31.6 Å². The van der Waals surface area contributed by atoms with Crippen LogP contribution in [0.25, 0.3) is 0 Å². The number of nitrogens with zero attached hydrogens (tertiary/aromatic N) is 3. The van der Waals surface area contributed by atoms with E-state index in [4.69, 9.17) is 5.73 Å². The summed E-state index contributed by atoms with van der Waals surface area (Å²) in [7, 11) is 0. The topological polar surface area (TPSA) is 74.0 Å². The van der Waals surface area contributed by atoms with E-state index in [1.165, 1.54) is 25.7 Å². The first-order valence-electron chi connectivity index (χ1n) is 9.27. The van der Waals surface area contributed by atoms with Crippen molar-refractivity contribution in [1.29, 1.82) is 0 Å². The van der Waals surface area contributed by atoms with Crippen LogP contribution in [0.15, 0.2) is 4.99 Å². The number of nitrogens with one attached hydrogen (secondary N) is 1. The van der Waals surface area contributed by atoms with E-state index in [9.17, 15) is 4.79 Å². The van der Waals surface area contributed by atoms with E-state index in [0.29, 0.717) is 17.8 Å². The second-order valence-corrected chi connectivity index (χ2v) is 7.24. The van der Waals surface area contributed by atoms with Gasteiger partial charge in [-0.1, -0.05) is 12.8 Å². The predicted molar refractivity (Wildman–Crippen MR) is 108 cm³/mol. The number of guanidine groups is 1. The minimum Gasteiger partial charge on any atom is -0.370 e. The number of carbonyl (C=O) groups is 1. The van der Waals surface area contributed by atoms with Gasteiger partial charge in [-0.15, -0.1) is 24.0 Å². The molecular weight excluding hydrogens is 417 g/mol. The molecule has 1 heterocycles. The number of hydrogen-bond acceptors (Lipinski definition) is 3. The first-order valence-corrected chi connectivity index (χ1v) is 9.27. The Morgan fingerprint density at radius 2 is 1.75 bits per heavy atom. The Morgan fingerprint density at radius 1 is 1.08 bits per heavy atom. The summed E-state index contributed by atoms with van der Waals surface area (Å²) in [6.45, 7) is 6.36. The largest absolute Gasteiger partial charge is 0.370 e. The number of hydrogen-bond donors (Lipinski definition) is 2. The zero-order valence-corrected chi connectivity index (χ0v) is 16.9. The number of aliphatic imine (C=N–C) groups is 1. The molecule has 0 atom stereocenters. The molecule has 1 amide bonds. The zero-order valence-electron chi connectivity index (χ0n) is 14.6. The molecule has 0 aromatic rings. The lowest BCUT2D eigenvalue weighted by Gasteiger charge is -2.38. The van der Waals surface area contributed by atoms with Gasteiger partial charge in [0.25, 0.3) is 0 Å². The molecule has 2 aliphatic carbocycles. The molecule has 0 bridgehead atoms. The van der Waals surface area contributed by atoms with Crippen LogP contribution in [0, 0.1) is 11.8 Å². The van der Waals surface area contributed by atoms with Crippen molar-refractivity contribution < 1.29 is 4.79 Å². The van der Waals surface area contributed by atoms with Crippen LogP contribution in [0.5, 0.6) is 0 Å². The number of amides is 1. The summed E-state index contributed by atoms with van der Waals surface area (Å²) >= 11 is 0. The monoisotopic (exact) mass is 449 g/mol. The lowest BCUT2D eigenvalue weighted by Crippen LogP contribution is -2.52. The fourth-order valence-corrected chi connectivity index (χ4v) is 3.41. The van der Waals surface area contributed by atoms with Crippen molar-refractivity contribution in [3.05, 3.63) is 0 Å². The molecule has 0 aromatic carbocycles. The molecule has 3 N–H and O–H groups in total. The highest BCUT2D eigenvalue weighted by atomic mass is 127. The summed E-state index contributed by atoms with van der Waals surface area (Å²) in [6, 6.07) is 0. The van der Waals surface area contributed by atoms with E-state index >= 15 is 0 Å². The van der Waals surface area contributed by atoms with Crippen LogP contribution >= 0.6 is 24.0 Å². The number of carbonyl (C=O) groups excluding carboxylic acids is 1. The predicted octanol–water partition coefficient (Wildman–Crippen LogP) is 1.25. The fourth-order valence-electron chi connectivity index (χ4n) is 3.41. The minimum atomic E-state index is 0. The maximum absolute atomic E-state index is 12.2. The van der Waals surface area contributed by atoms with E-state index in [1.54, 1.807) is 0 Å². The van der Waals surface area contributed by atoms with Crippen LogP contribution in [0.3, 0.4) is 0 Å². The fraction of sp³-hybridized carbons (Fsp3) is 0.882. The first-order chi connectivity index (χ1) is 11.2. The minimum absolute atomic E-state index is 0. The first kappa shape index (κ1) is 19.8. The third-order valence-corrected chi connectivity index (χ3v) is 5.62. The van der Waals surface area contributed by atoms with Gasteiger partial charge >= 0.3 is 0 Å². The molecule has 0 unspecified atom stereocenters. The maximum atomic E-state index is 12.2. The highest BCUT2D eigenvalue weighted by Gasteiger charge is 2.30. The Morgan fingerprint density at radius 3 is 2.29 bits per heavy atom. The molecule has 6 nitrogen and oxygen atoms in total. The molecule has 3 fully saturated rings. The molecular formula is C17H32IN5O. The van der Waals surface area contributed by atoms with Crippen LogP contribution < -0.4 is 11.1 Å². The third-order valence-electron chi connectivity index (χ3n) is 5.62. The molecule has 3 aliphatic rings. The summed E-state index contributed by atoms with van der Waals surface area (Å²) < 4.78 is 0. The van der Waals surface area contributed by atoms with Gasteiger partial charge in [0.05, 0.1) is 0 Å². The standard InChI is InChI=1S/C17H31N5O.HI/c18-17(20-13-14-3-1-4-14)19-7-8-21-9-11-22(12-10-21)16(23)15-5-2-6-15;/h14-15H,1-13H2,(H3,18,19,20);1H. The Bertz CT molecular complexity index is 429. The van der Waals surface area contributed by atoms with Crippen LogP contribution in [0.2, 0.25) is 0 Å². The highest BCUT2D eigenvalue weighted by Crippen LogP contribution is 2.28. The van der Waals surface area contributed by atoms with Gasteiger partial charge in [-0.2, -0.15) is 0 Å². The molecule has 3 rings (SSSR count). The van der Waals surface area contributed by atoms with E-state index in [1.807, 2.05) is 0 Å². The van der Waals surface area contributed by atoms with Crippen molar-refractivity contribution >= 4 is 35.8 Å². The van der Waals surface area contributed by atoms with Gasteiger partial charge < -0.3 is 16.0 Å². The van der Waals surface area contributed by atoms with E-state index in [0.717, 1.165) is 64.6 Å². The maximum Gasteiger partial charge on any atom is 0.225 e. The van der Waals surface area contributed by atoms with Crippen molar-refractivity contribution in [2.45, 2.75) is 38.5 Å². The molecule has 2 saturated carbocycles. The molecule has 0 aromatic heterocycles. The van der Waals surface area contributed by atoms with Crippen LogP contribution in [0.1, 0.15) is 38.5 Å². The Hall–Kier alpha value is -0.570. The van der Waals surface area contributed by atoms with Gasteiger partial charge in [-0.3, -0.25) is 14.7 Å². The SMILES string of the molecule is I.NC(=NCC1CCC1)NCCN1CCN(C(=O)C2CCC2)CC1. The van der Waals surface area contributed by atoms with E-state index in [2.05, 4.69) is 20.1 Å². The molecule has 1 saturated heterocycles. The summed E-state index contributed by atoms with van der Waals surface area (Å²) in [5, 5.41) is 3.21. The zero-order chi connectivity index (χ0) is 16.1. The molecule has 0 spiro atoms. The number of nitrogens with two attached hydrogens (primary N) is 1. The normalized spacial score (nSPS) is 23.2. The summed E-state index contributed by atoms with van der Waals surface area (Å²) in [5.74, 6) is 2.06. The summed E-state index contributed by atoms with van der Waals surface area (Å²) in [4.78, 5) is 21.1. The van der Waals surface area contributed by atoms with Crippen molar-refractivity contribution in [1.82, 2.24) is 15.1 Å². The molecule has 0 radical (unpaired) electrons. The molecule has 7 heteroatoms. The average Bonchev–Trinajstić information content (AvgIpc) is 2.44. The lowest BCUT2D eigenvalue weighted by molar-refractivity contribution is -0.139. The van der Waals surface area contributed by atoms with Crippen LogP contribution in [-0.2, 0) is 4.79 Å². The quantitative estimate of drug-likeness (QED) is 0.364. The highest BCUT2D eigenvalue weighted by molar-refractivity contribution is 14.0. The van der Waals surface area contributed by atoms with Crippen LogP contribution in [-0.4, -0.2) is 67.5 Å². The smallest absolute Gasteiger partial charge is 0.225 e. The molecule has 1 aliphatic heterocycles. The molecule has 24 heavy (non-hydrogen) atoms. The Labute approximate surface area is 162 Å². The number of halogens is 1. The Balaban J connectivity index is 0.00000208. The summed E-state index contributed by atoms with van der Waals surface area (Å²) in [6.07, 6.45) is 7.39. The number of piperazine rings is 1. The average molecular weight is 449 g/mol. The summed E-state index contributed by atoms with van der Waals surface area (Å²) in [5.41, 5.74) is 5.90. The third kappa shape index (κ3) is 5.47. The van der Waals surface area contributed by atoms with Crippen LogP contribution in [0.4, 0.5) is 0 Å². The van der Waals surface area contributed by atoms with Gasteiger partial charge in [0, 0.05) is 51.7 Å². The van der Waals surface area contributed by atoms with Gasteiger partial charge in [0.2, 0.25) is 5.91 Å². The van der Waals surface area contributed by atoms with E-state index < -0.39 is 0 Å². The van der Waals surface area contributed by atoms with Gasteiger partial charge in [0.15, 0.2) is 5.96 Å². The van der Waals surface area contributed by atoms with Crippen molar-refractivity contribution in [3.63, 3.8) is 0 Å². The van der Waals surface area contributed by atoms with E-state index in [-0.39, 0.29) is 24.0 Å². The molecule has 138 valence electrons. The Kier molecular flexibility index (Phi) is 8.06. The second kappa shape index (κ2) is 9.79. The van der Waals surface area contributed by atoms with Gasteiger partial charge in [-0.25, -0.2) is 0 Å². The lowest BCUT2D eigenvalue weighted by atomic mass is 9.84. The van der Waals surface area contributed by atoms with Crippen molar-refractivity contribution in [3.8, 4) is 0 Å². The number of rotatable bonds is 6. The van der Waals surface area contributed by atoms with Gasteiger partial charge in [0.1, 0.15) is 0 Å². The second-order valence-electron chi connectivity index (χ2n) is 7.24.